The quantitative estimate of drug-likeness (QED) is 0.747. The molecule has 1 aliphatic rings. The average Bonchev–Trinajstić information content (AvgIpc) is 2.64. The van der Waals surface area contributed by atoms with Gasteiger partial charge in [-0.15, -0.1) is 0 Å². The zero-order valence-electron chi connectivity index (χ0n) is 15.4. The molecule has 0 heterocycles. The number of rotatable bonds is 5. The first kappa shape index (κ1) is 17.7. The third-order valence-electron chi connectivity index (χ3n) is 5.25. The molecule has 2 nitrogen and oxygen atoms in total. The Morgan fingerprint density at radius 1 is 0.960 bits per heavy atom. The number of nitrogens with one attached hydrogen (secondary N) is 1. The van der Waals surface area contributed by atoms with E-state index in [0.29, 0.717) is 17.9 Å². The van der Waals surface area contributed by atoms with Crippen LogP contribution in [0.3, 0.4) is 0 Å². The van der Waals surface area contributed by atoms with E-state index in [4.69, 9.17) is 0 Å². The van der Waals surface area contributed by atoms with Crippen molar-refractivity contribution < 1.29 is 4.79 Å². The lowest BCUT2D eigenvalue weighted by Gasteiger charge is -2.33. The van der Waals surface area contributed by atoms with Gasteiger partial charge in [-0.2, -0.15) is 0 Å². The molecule has 2 heteroatoms. The monoisotopic (exact) mass is 335 g/mol. The maximum atomic E-state index is 12.7. The maximum absolute atomic E-state index is 12.7. The zero-order valence-corrected chi connectivity index (χ0v) is 15.4. The number of carbonyl (C=O) groups is 1. The fraction of sp³-hybridized carbons (Fsp3) is 0.435. The largest absolute Gasteiger partial charge is 0.349 e. The van der Waals surface area contributed by atoms with E-state index in [9.17, 15) is 4.79 Å². The van der Waals surface area contributed by atoms with Crippen molar-refractivity contribution in [3.8, 4) is 11.1 Å². The molecule has 0 spiro atoms. The molecule has 2 aromatic carbocycles. The Balaban J connectivity index is 1.66. The summed E-state index contributed by atoms with van der Waals surface area (Å²) in [6, 6.07) is 18.6. The van der Waals surface area contributed by atoms with E-state index >= 15 is 0 Å². The molecule has 0 unspecified atom stereocenters. The minimum atomic E-state index is 0.0697. The molecular weight excluding hydrogens is 306 g/mol. The molecule has 3 rings (SSSR count). The summed E-state index contributed by atoms with van der Waals surface area (Å²) in [4.78, 5) is 12.7. The van der Waals surface area contributed by atoms with Crippen LogP contribution in [0.1, 0.15) is 56.3 Å². The Bertz CT molecular complexity index is 675. The highest BCUT2D eigenvalue weighted by Gasteiger charge is 2.27. The number of carbonyl (C=O) groups excluding carboxylic acids is 1. The number of hydrogen-bond acceptors (Lipinski definition) is 1. The summed E-state index contributed by atoms with van der Waals surface area (Å²) in [5.41, 5.74) is 3.08. The summed E-state index contributed by atoms with van der Waals surface area (Å²) in [7, 11) is 0. The minimum Gasteiger partial charge on any atom is -0.349 e. The first-order chi connectivity index (χ1) is 12.1. The Hall–Kier alpha value is -2.09. The predicted molar refractivity (Wildman–Crippen MR) is 105 cm³/mol. The van der Waals surface area contributed by atoms with Gasteiger partial charge in [-0.25, -0.2) is 0 Å². The SMILES string of the molecule is CC(C)C[C@@H]1CCCC[C@H]1NC(=O)c1ccc(-c2ccccc2)cc1. The van der Waals surface area contributed by atoms with Gasteiger partial charge in [0.25, 0.3) is 5.91 Å². The van der Waals surface area contributed by atoms with Gasteiger partial charge in [-0.3, -0.25) is 4.79 Å². The second-order valence-electron chi connectivity index (χ2n) is 7.70. The first-order valence-corrected chi connectivity index (χ1v) is 9.60. The van der Waals surface area contributed by atoms with Gasteiger partial charge in [0.15, 0.2) is 0 Å². The van der Waals surface area contributed by atoms with E-state index < -0.39 is 0 Å². The van der Waals surface area contributed by atoms with Gasteiger partial charge < -0.3 is 5.32 Å². The maximum Gasteiger partial charge on any atom is 0.251 e. The summed E-state index contributed by atoms with van der Waals surface area (Å²) >= 11 is 0. The Kier molecular flexibility index (Phi) is 5.91. The van der Waals surface area contributed by atoms with Crippen LogP contribution in [-0.4, -0.2) is 11.9 Å². The summed E-state index contributed by atoms with van der Waals surface area (Å²) in [5.74, 6) is 1.38. The van der Waals surface area contributed by atoms with Crippen molar-refractivity contribution in [1.82, 2.24) is 5.32 Å². The van der Waals surface area contributed by atoms with Crippen LogP contribution in [0.4, 0.5) is 0 Å². The molecule has 0 aliphatic heterocycles. The third-order valence-corrected chi connectivity index (χ3v) is 5.25. The molecule has 2 atom stereocenters. The van der Waals surface area contributed by atoms with Gasteiger partial charge >= 0.3 is 0 Å². The lowest BCUT2D eigenvalue weighted by molar-refractivity contribution is 0.0898. The number of amides is 1. The molecule has 25 heavy (non-hydrogen) atoms. The van der Waals surface area contributed by atoms with Crippen molar-refractivity contribution in [1.29, 1.82) is 0 Å². The molecule has 0 radical (unpaired) electrons. The molecule has 1 fully saturated rings. The molecule has 0 saturated heterocycles. The van der Waals surface area contributed by atoms with E-state index in [1.165, 1.54) is 31.2 Å². The van der Waals surface area contributed by atoms with Gasteiger partial charge in [0.1, 0.15) is 0 Å². The topological polar surface area (TPSA) is 29.1 Å². The van der Waals surface area contributed by atoms with Crippen LogP contribution < -0.4 is 5.32 Å². The lowest BCUT2D eigenvalue weighted by atomic mass is 9.79. The molecule has 1 saturated carbocycles. The van der Waals surface area contributed by atoms with Crippen molar-refractivity contribution in [3.63, 3.8) is 0 Å². The predicted octanol–water partition coefficient (Wildman–Crippen LogP) is 5.69. The summed E-state index contributed by atoms with van der Waals surface area (Å²) in [5, 5.41) is 3.31. The van der Waals surface area contributed by atoms with Crippen molar-refractivity contribution in [2.24, 2.45) is 11.8 Å². The highest BCUT2D eigenvalue weighted by Crippen LogP contribution is 2.30. The van der Waals surface area contributed by atoms with Crippen LogP contribution in [0.25, 0.3) is 11.1 Å². The summed E-state index contributed by atoms with van der Waals surface area (Å²) in [6.07, 6.45) is 6.10. The molecule has 1 aliphatic carbocycles. The standard InChI is InChI=1S/C23H29NO/c1-17(2)16-21-10-6-7-11-22(21)24-23(25)20-14-12-19(13-15-20)18-8-4-3-5-9-18/h3-5,8-9,12-15,17,21-22H,6-7,10-11,16H2,1-2H3,(H,24,25)/t21-,22+/m0/s1. The highest BCUT2D eigenvalue weighted by molar-refractivity contribution is 5.94. The summed E-state index contributed by atoms with van der Waals surface area (Å²) in [6.45, 7) is 4.55. The van der Waals surface area contributed by atoms with Crippen LogP contribution in [0, 0.1) is 11.8 Å². The Morgan fingerprint density at radius 3 is 2.28 bits per heavy atom. The zero-order chi connectivity index (χ0) is 17.6. The molecule has 0 aromatic heterocycles. The van der Waals surface area contributed by atoms with Gasteiger partial charge in [-0.1, -0.05) is 69.2 Å². The lowest BCUT2D eigenvalue weighted by Crippen LogP contribution is -2.42. The van der Waals surface area contributed by atoms with Gasteiger partial charge in [0.05, 0.1) is 0 Å². The normalized spacial score (nSPS) is 20.4. The van der Waals surface area contributed by atoms with E-state index in [-0.39, 0.29) is 5.91 Å². The molecule has 1 amide bonds. The Morgan fingerprint density at radius 2 is 1.60 bits per heavy atom. The third kappa shape index (κ3) is 4.72. The van der Waals surface area contributed by atoms with Crippen molar-refractivity contribution in [2.75, 3.05) is 0 Å². The molecule has 132 valence electrons. The fourth-order valence-corrected chi connectivity index (χ4v) is 3.98. The molecule has 1 N–H and O–H groups in total. The fourth-order valence-electron chi connectivity index (χ4n) is 3.98. The van der Waals surface area contributed by atoms with E-state index in [1.807, 2.05) is 42.5 Å². The van der Waals surface area contributed by atoms with Crippen LogP contribution >= 0.6 is 0 Å². The van der Waals surface area contributed by atoms with Crippen LogP contribution in [0.2, 0.25) is 0 Å². The van der Waals surface area contributed by atoms with Crippen LogP contribution in [0.15, 0.2) is 54.6 Å². The van der Waals surface area contributed by atoms with Crippen LogP contribution in [0.5, 0.6) is 0 Å². The Labute approximate surface area is 151 Å². The highest BCUT2D eigenvalue weighted by atomic mass is 16.1. The van der Waals surface area contributed by atoms with Crippen LogP contribution in [-0.2, 0) is 0 Å². The van der Waals surface area contributed by atoms with Gasteiger partial charge in [0, 0.05) is 11.6 Å². The second-order valence-corrected chi connectivity index (χ2v) is 7.70. The molecule has 0 bridgehead atoms. The minimum absolute atomic E-state index is 0.0697. The van der Waals surface area contributed by atoms with Crippen molar-refractivity contribution >= 4 is 5.91 Å². The van der Waals surface area contributed by atoms with Crippen molar-refractivity contribution in [2.45, 2.75) is 52.0 Å². The number of hydrogen-bond donors (Lipinski definition) is 1. The first-order valence-electron chi connectivity index (χ1n) is 9.60. The van der Waals surface area contributed by atoms with E-state index in [2.05, 4.69) is 31.3 Å². The van der Waals surface area contributed by atoms with E-state index in [1.54, 1.807) is 0 Å². The van der Waals surface area contributed by atoms with Gasteiger partial charge in [-0.05, 0) is 54.4 Å². The molecule has 2 aromatic rings. The number of benzene rings is 2. The van der Waals surface area contributed by atoms with Gasteiger partial charge in [0.2, 0.25) is 0 Å². The second kappa shape index (κ2) is 8.33. The molecular formula is C23H29NO. The van der Waals surface area contributed by atoms with E-state index in [0.717, 1.165) is 17.5 Å². The smallest absolute Gasteiger partial charge is 0.251 e. The van der Waals surface area contributed by atoms with Crippen molar-refractivity contribution in [3.05, 3.63) is 60.2 Å². The summed E-state index contributed by atoms with van der Waals surface area (Å²) < 4.78 is 0. The average molecular weight is 335 g/mol.